The van der Waals surface area contributed by atoms with Gasteiger partial charge in [0.2, 0.25) is 12.3 Å². The van der Waals surface area contributed by atoms with Gasteiger partial charge >= 0.3 is 0 Å². The Labute approximate surface area is 192 Å². The fourth-order valence-corrected chi connectivity index (χ4v) is 3.96. The lowest BCUT2D eigenvalue weighted by Crippen LogP contribution is -2.36. The summed E-state index contributed by atoms with van der Waals surface area (Å²) in [5, 5.41) is 3.99. The number of hydrogen-bond donors (Lipinski definition) is 3. The van der Waals surface area contributed by atoms with E-state index in [1.54, 1.807) is 43.7 Å². The van der Waals surface area contributed by atoms with Crippen LogP contribution in [0, 0.1) is 6.92 Å². The highest BCUT2D eigenvalue weighted by molar-refractivity contribution is 7.97. The fraction of sp³-hybridized carbons (Fsp3) is 0.381. The van der Waals surface area contributed by atoms with Crippen LogP contribution in [0.25, 0.3) is 0 Å². The summed E-state index contributed by atoms with van der Waals surface area (Å²) in [6, 6.07) is 3.37. The number of carbonyl (C=O) groups is 3. The largest absolute Gasteiger partial charge is 0.325 e. The molecule has 0 saturated heterocycles. The molecule has 0 bridgehead atoms. The molecule has 0 radical (unpaired) electrons. The van der Waals surface area contributed by atoms with Gasteiger partial charge in [-0.15, -0.1) is 0 Å². The van der Waals surface area contributed by atoms with Gasteiger partial charge in [0, 0.05) is 36.5 Å². The smallest absolute Gasteiger partial charge is 0.269 e. The zero-order chi connectivity index (χ0) is 23.8. The van der Waals surface area contributed by atoms with E-state index in [1.807, 2.05) is 26.1 Å². The number of likely N-dealkylation sites (N-methyl/N-ethyl adjacent to an activating group) is 2. The number of allylic oxidation sites excluding steroid dienone is 2. The number of anilines is 1. The number of aryl methyl sites for hydroxylation is 1. The van der Waals surface area contributed by atoms with Crippen molar-refractivity contribution in [3.05, 3.63) is 47.3 Å². The standard InChI is InChI=1S/C21H30N6O4S/c1-7-15(8-9-25(3)13-28)22-18(29)12-26(4)32-17-11-14(2)10-16-19(17)23-24-20(16)21(30)27(5)31-6/h7-11,13,20,23-24H,12H2,1-6H3,(H,22,29)/b9-8-,15-7+. The van der Waals surface area contributed by atoms with Gasteiger partial charge in [-0.2, -0.15) is 0 Å². The number of rotatable bonds is 10. The van der Waals surface area contributed by atoms with E-state index in [4.69, 9.17) is 4.84 Å². The second-order valence-corrected chi connectivity index (χ2v) is 8.45. The van der Waals surface area contributed by atoms with Gasteiger partial charge in [0.1, 0.15) is 6.04 Å². The van der Waals surface area contributed by atoms with Crippen LogP contribution in [0.1, 0.15) is 24.1 Å². The van der Waals surface area contributed by atoms with Crippen LogP contribution in [0.4, 0.5) is 5.69 Å². The van der Waals surface area contributed by atoms with Gasteiger partial charge in [0.15, 0.2) is 0 Å². The Kier molecular flexibility index (Phi) is 9.27. The van der Waals surface area contributed by atoms with Gasteiger partial charge in [-0.25, -0.2) is 14.8 Å². The normalized spacial score (nSPS) is 15.5. The second kappa shape index (κ2) is 11.7. The molecule has 0 fully saturated rings. The van der Waals surface area contributed by atoms with Crippen molar-refractivity contribution < 1.29 is 19.2 Å². The molecule has 2 rings (SSSR count). The summed E-state index contributed by atoms with van der Waals surface area (Å²) < 4.78 is 1.80. The van der Waals surface area contributed by atoms with E-state index in [1.165, 1.54) is 29.0 Å². The Morgan fingerprint density at radius 2 is 2.00 bits per heavy atom. The average molecular weight is 463 g/mol. The van der Waals surface area contributed by atoms with Crippen molar-refractivity contribution in [3.8, 4) is 0 Å². The molecule has 0 saturated carbocycles. The van der Waals surface area contributed by atoms with E-state index >= 15 is 0 Å². The maximum absolute atomic E-state index is 12.6. The van der Waals surface area contributed by atoms with Crippen LogP contribution in [-0.2, 0) is 19.2 Å². The monoisotopic (exact) mass is 462 g/mol. The van der Waals surface area contributed by atoms with Crippen LogP contribution in [0.5, 0.6) is 0 Å². The lowest BCUT2D eigenvalue weighted by molar-refractivity contribution is -0.171. The number of hydrazine groups is 1. The molecule has 3 amide bonds. The van der Waals surface area contributed by atoms with Gasteiger partial charge in [0.05, 0.1) is 19.3 Å². The van der Waals surface area contributed by atoms with Crippen LogP contribution in [0.2, 0.25) is 0 Å². The molecule has 174 valence electrons. The van der Waals surface area contributed by atoms with Crippen molar-refractivity contribution in [2.75, 3.05) is 40.2 Å². The van der Waals surface area contributed by atoms with Crippen molar-refractivity contribution >= 4 is 35.9 Å². The molecule has 0 spiro atoms. The van der Waals surface area contributed by atoms with E-state index in [0.29, 0.717) is 12.1 Å². The SMILES string of the molecule is C/C=C(\C=C/N(C)C=O)NC(=O)CN(C)Sc1cc(C)cc2c1NNC2C(=O)N(C)OC. The van der Waals surface area contributed by atoms with Crippen molar-refractivity contribution in [1.82, 2.24) is 25.0 Å². The average Bonchev–Trinajstić information content (AvgIpc) is 3.18. The maximum Gasteiger partial charge on any atom is 0.269 e. The third kappa shape index (κ3) is 6.57. The summed E-state index contributed by atoms with van der Waals surface area (Å²) in [5.41, 5.74) is 9.29. The predicted octanol–water partition coefficient (Wildman–Crippen LogP) is 1.55. The first-order valence-corrected chi connectivity index (χ1v) is 10.7. The molecule has 1 aromatic carbocycles. The minimum Gasteiger partial charge on any atom is -0.325 e. The first-order chi connectivity index (χ1) is 15.2. The number of amides is 3. The molecular weight excluding hydrogens is 432 g/mol. The number of fused-ring (bicyclic) bond motifs is 1. The van der Waals surface area contributed by atoms with E-state index in [2.05, 4.69) is 16.2 Å². The molecule has 10 nitrogen and oxygen atoms in total. The fourth-order valence-electron chi connectivity index (χ4n) is 2.95. The Morgan fingerprint density at radius 1 is 1.28 bits per heavy atom. The van der Waals surface area contributed by atoms with E-state index in [0.717, 1.165) is 21.7 Å². The molecule has 0 aliphatic carbocycles. The molecule has 0 aromatic heterocycles. The second-order valence-electron chi connectivity index (χ2n) is 7.20. The topological polar surface area (TPSA) is 106 Å². The molecule has 3 N–H and O–H groups in total. The van der Waals surface area contributed by atoms with Gasteiger partial charge in [0.25, 0.3) is 5.91 Å². The Bertz CT molecular complexity index is 920. The zero-order valence-electron chi connectivity index (χ0n) is 19.1. The van der Waals surface area contributed by atoms with Crippen molar-refractivity contribution in [1.29, 1.82) is 0 Å². The number of nitrogens with zero attached hydrogens (tertiary/aromatic N) is 3. The van der Waals surface area contributed by atoms with Gasteiger partial charge < -0.3 is 15.6 Å². The predicted molar refractivity (Wildman–Crippen MR) is 124 cm³/mol. The third-order valence-corrected chi connectivity index (χ3v) is 5.59. The zero-order valence-corrected chi connectivity index (χ0v) is 19.9. The Hall–Kier alpha value is -2.86. The Morgan fingerprint density at radius 3 is 2.62 bits per heavy atom. The van der Waals surface area contributed by atoms with Crippen LogP contribution >= 0.6 is 11.9 Å². The van der Waals surface area contributed by atoms with E-state index < -0.39 is 6.04 Å². The van der Waals surface area contributed by atoms with Gasteiger partial charge in [-0.05, 0) is 50.5 Å². The molecule has 11 heteroatoms. The molecule has 32 heavy (non-hydrogen) atoms. The highest BCUT2D eigenvalue weighted by Gasteiger charge is 2.33. The van der Waals surface area contributed by atoms with Crippen LogP contribution in [-0.4, -0.2) is 67.3 Å². The number of hydroxylamine groups is 2. The minimum absolute atomic E-state index is 0.129. The van der Waals surface area contributed by atoms with Crippen molar-refractivity contribution in [2.45, 2.75) is 24.8 Å². The molecule has 1 atom stereocenters. The van der Waals surface area contributed by atoms with E-state index in [-0.39, 0.29) is 18.4 Å². The summed E-state index contributed by atoms with van der Waals surface area (Å²) in [4.78, 5) is 43.0. The molecular formula is C21H30N6O4S. The lowest BCUT2D eigenvalue weighted by Gasteiger charge is -2.19. The first-order valence-electron chi connectivity index (χ1n) is 9.88. The summed E-state index contributed by atoms with van der Waals surface area (Å²) in [6.07, 6.45) is 5.63. The molecule has 1 heterocycles. The maximum atomic E-state index is 12.6. The molecule has 1 unspecified atom stereocenters. The minimum atomic E-state index is -0.573. The van der Waals surface area contributed by atoms with Gasteiger partial charge in [-0.1, -0.05) is 12.1 Å². The summed E-state index contributed by atoms with van der Waals surface area (Å²) in [7, 11) is 6.42. The van der Waals surface area contributed by atoms with Crippen LogP contribution < -0.4 is 16.2 Å². The lowest BCUT2D eigenvalue weighted by atomic mass is 10.0. The Balaban J connectivity index is 2.07. The van der Waals surface area contributed by atoms with Crippen molar-refractivity contribution in [2.24, 2.45) is 0 Å². The third-order valence-electron chi connectivity index (χ3n) is 4.63. The molecule has 1 aliphatic rings. The summed E-state index contributed by atoms with van der Waals surface area (Å²) in [6.45, 7) is 3.88. The summed E-state index contributed by atoms with van der Waals surface area (Å²) >= 11 is 1.40. The number of hydrogen-bond acceptors (Lipinski definition) is 8. The molecule has 1 aromatic rings. The van der Waals surface area contributed by atoms with Crippen LogP contribution in [0.15, 0.2) is 41.1 Å². The summed E-state index contributed by atoms with van der Waals surface area (Å²) in [5.74, 6) is -0.420. The first kappa shape index (κ1) is 25.4. The molecule has 1 aliphatic heterocycles. The number of nitrogens with one attached hydrogen (secondary N) is 3. The van der Waals surface area contributed by atoms with Crippen LogP contribution in [0.3, 0.4) is 0 Å². The van der Waals surface area contributed by atoms with Gasteiger partial charge in [-0.3, -0.25) is 19.2 Å². The van der Waals surface area contributed by atoms with Crippen molar-refractivity contribution in [3.63, 3.8) is 0 Å². The van der Waals surface area contributed by atoms with E-state index in [9.17, 15) is 14.4 Å². The quantitative estimate of drug-likeness (QED) is 0.208. The number of benzene rings is 1. The number of carbonyl (C=O) groups excluding carboxylic acids is 3. The highest BCUT2D eigenvalue weighted by atomic mass is 32.2. The highest BCUT2D eigenvalue weighted by Crippen LogP contribution is 2.39.